The molecule has 2 N–H and O–H groups in total. The van der Waals surface area contributed by atoms with Crippen molar-refractivity contribution < 1.29 is 18.7 Å². The minimum Gasteiger partial charge on any atom is -0.496 e. The Morgan fingerprint density at radius 3 is 2.72 bits per heavy atom. The first-order valence-electron chi connectivity index (χ1n) is 11.7. The van der Waals surface area contributed by atoms with E-state index < -0.39 is 5.82 Å². The van der Waals surface area contributed by atoms with Gasteiger partial charge in [0.1, 0.15) is 23.2 Å². The van der Waals surface area contributed by atoms with E-state index in [9.17, 15) is 14.0 Å². The predicted octanol–water partition coefficient (Wildman–Crippen LogP) is 2.69. The van der Waals surface area contributed by atoms with Crippen molar-refractivity contribution in [1.82, 2.24) is 14.9 Å². The largest absolute Gasteiger partial charge is 0.496 e. The van der Waals surface area contributed by atoms with Gasteiger partial charge < -0.3 is 20.3 Å². The number of rotatable bonds is 5. The molecule has 36 heavy (non-hydrogen) atoms. The Balaban J connectivity index is 1.57. The highest BCUT2D eigenvalue weighted by Gasteiger charge is 2.35. The number of nitrogens with zero attached hydrogens (tertiary/aromatic N) is 5. The number of amides is 2. The molecular weight excluding hydrogens is 463 g/mol. The van der Waals surface area contributed by atoms with E-state index in [-0.39, 0.29) is 30.0 Å². The van der Waals surface area contributed by atoms with Crippen LogP contribution in [0.1, 0.15) is 32.7 Å². The number of fused-ring (bicyclic) bond motifs is 1. The van der Waals surface area contributed by atoms with E-state index in [0.29, 0.717) is 52.9 Å². The molecule has 186 valence electrons. The van der Waals surface area contributed by atoms with Crippen molar-refractivity contribution in [2.75, 3.05) is 44.1 Å². The zero-order valence-corrected chi connectivity index (χ0v) is 20.4. The Morgan fingerprint density at radius 2 is 2.03 bits per heavy atom. The summed E-state index contributed by atoms with van der Waals surface area (Å²) in [7, 11) is 4.83. The van der Waals surface area contributed by atoms with Gasteiger partial charge >= 0.3 is 0 Å². The minimum atomic E-state index is -0.488. The van der Waals surface area contributed by atoms with Crippen molar-refractivity contribution in [3.05, 3.63) is 65.1 Å². The van der Waals surface area contributed by atoms with Crippen LogP contribution < -0.4 is 20.3 Å². The Bertz CT molecular complexity index is 1360. The molecular formula is C26H27FN6O3. The molecule has 1 saturated heterocycles. The number of carbonyl (C=O) groups is 2. The third kappa shape index (κ3) is 3.93. The van der Waals surface area contributed by atoms with Gasteiger partial charge in [0.2, 0.25) is 0 Å². The van der Waals surface area contributed by atoms with Crippen LogP contribution in [0.4, 0.5) is 16.0 Å². The van der Waals surface area contributed by atoms with Crippen molar-refractivity contribution in [2.24, 2.45) is 5.73 Å². The fourth-order valence-electron chi connectivity index (χ4n) is 4.75. The van der Waals surface area contributed by atoms with Gasteiger partial charge in [0.25, 0.3) is 11.8 Å². The molecule has 1 unspecified atom stereocenters. The van der Waals surface area contributed by atoms with Crippen LogP contribution in [-0.4, -0.2) is 67.0 Å². The number of hydrogen-bond donors (Lipinski definition) is 1. The number of pyridine rings is 2. The van der Waals surface area contributed by atoms with Crippen molar-refractivity contribution in [2.45, 2.75) is 19.0 Å². The molecule has 0 bridgehead atoms. The molecule has 5 rings (SSSR count). The van der Waals surface area contributed by atoms with E-state index in [4.69, 9.17) is 15.5 Å². The molecule has 4 heterocycles. The zero-order chi connectivity index (χ0) is 25.6. The summed E-state index contributed by atoms with van der Waals surface area (Å²) in [4.78, 5) is 40.5. The maximum Gasteiger partial charge on any atom is 0.260 e. The molecule has 2 aliphatic heterocycles. The van der Waals surface area contributed by atoms with E-state index in [1.807, 2.05) is 4.90 Å². The number of carbonyl (C=O) groups excluding carboxylic acids is 2. The third-order valence-corrected chi connectivity index (χ3v) is 6.58. The van der Waals surface area contributed by atoms with Gasteiger partial charge in [-0.25, -0.2) is 9.37 Å². The van der Waals surface area contributed by atoms with Gasteiger partial charge in [-0.3, -0.25) is 19.5 Å². The van der Waals surface area contributed by atoms with Crippen LogP contribution in [-0.2, 0) is 6.54 Å². The molecule has 1 atom stereocenters. The third-order valence-electron chi connectivity index (χ3n) is 6.58. The first kappa shape index (κ1) is 23.7. The number of nitrogens with two attached hydrogens (primary N) is 1. The Labute approximate surface area is 208 Å². The summed E-state index contributed by atoms with van der Waals surface area (Å²) < 4.78 is 20.2. The molecule has 2 aromatic heterocycles. The summed E-state index contributed by atoms with van der Waals surface area (Å²) in [6, 6.07) is 9.52. The number of ether oxygens (including phenoxy) is 1. The number of hydrogen-bond acceptors (Lipinski definition) is 7. The number of methoxy groups -OCH3 is 1. The standard InChI is InChI=1S/C26H27FN6O3/c1-31(2)25(34)17-7-8-21(30-24(17)32-12-10-15(28)13-32)33-14-18-16(26(33)35)9-11-29-23(18)22-19(27)5-4-6-20(22)36-3/h4-9,11,15H,10,12-14,28H2,1-3H3. The summed E-state index contributed by atoms with van der Waals surface area (Å²) in [5.41, 5.74) is 8.13. The van der Waals surface area contributed by atoms with Gasteiger partial charge in [0.05, 0.1) is 30.5 Å². The smallest absolute Gasteiger partial charge is 0.260 e. The molecule has 0 saturated carbocycles. The topological polar surface area (TPSA) is 105 Å². The van der Waals surface area contributed by atoms with Crippen molar-refractivity contribution >= 4 is 23.5 Å². The fraction of sp³-hybridized carbons (Fsp3) is 0.308. The molecule has 0 radical (unpaired) electrons. The first-order chi connectivity index (χ1) is 17.3. The highest BCUT2D eigenvalue weighted by atomic mass is 19.1. The fourth-order valence-corrected chi connectivity index (χ4v) is 4.75. The van der Waals surface area contributed by atoms with Crippen LogP contribution >= 0.6 is 0 Å². The summed E-state index contributed by atoms with van der Waals surface area (Å²) in [5.74, 6) is 0.286. The lowest BCUT2D eigenvalue weighted by molar-refractivity contribution is 0.0827. The van der Waals surface area contributed by atoms with Gasteiger partial charge in [-0.05, 0) is 36.8 Å². The summed E-state index contributed by atoms with van der Waals surface area (Å²) in [6.07, 6.45) is 2.28. The average Bonchev–Trinajstić information content (AvgIpc) is 3.46. The van der Waals surface area contributed by atoms with Gasteiger partial charge in [-0.15, -0.1) is 0 Å². The SMILES string of the molecule is COc1cccc(F)c1-c1nccc2c1CN(c1ccc(C(=O)N(C)C)c(N3CCC(N)C3)n1)C2=O. The lowest BCUT2D eigenvalue weighted by atomic mass is 10.0. The minimum absolute atomic E-state index is 0.0141. The van der Waals surface area contributed by atoms with Crippen molar-refractivity contribution in [3.8, 4) is 17.0 Å². The monoisotopic (exact) mass is 490 g/mol. The van der Waals surface area contributed by atoms with Crippen LogP contribution in [0.3, 0.4) is 0 Å². The summed E-state index contributed by atoms with van der Waals surface area (Å²) in [5, 5.41) is 0. The molecule has 0 aliphatic carbocycles. The van der Waals surface area contributed by atoms with E-state index in [1.54, 1.807) is 44.4 Å². The van der Waals surface area contributed by atoms with Gasteiger partial charge in [0, 0.05) is 50.6 Å². The number of benzene rings is 1. The van der Waals surface area contributed by atoms with Crippen molar-refractivity contribution in [1.29, 1.82) is 0 Å². The Hall–Kier alpha value is -4.05. The van der Waals surface area contributed by atoms with Crippen LogP contribution in [0.5, 0.6) is 5.75 Å². The normalized spacial score (nSPS) is 16.9. The van der Waals surface area contributed by atoms with Gasteiger partial charge in [-0.2, -0.15) is 0 Å². The molecule has 10 heteroatoms. The van der Waals surface area contributed by atoms with Gasteiger partial charge in [-0.1, -0.05) is 6.07 Å². The highest BCUT2D eigenvalue weighted by molar-refractivity contribution is 6.11. The van der Waals surface area contributed by atoms with E-state index in [0.717, 1.165) is 6.42 Å². The van der Waals surface area contributed by atoms with Crippen LogP contribution in [0.15, 0.2) is 42.6 Å². The average molecular weight is 491 g/mol. The van der Waals surface area contributed by atoms with E-state index in [1.165, 1.54) is 29.2 Å². The summed E-state index contributed by atoms with van der Waals surface area (Å²) in [6.45, 7) is 1.39. The number of halogens is 1. The molecule has 3 aromatic rings. The lowest BCUT2D eigenvalue weighted by Crippen LogP contribution is -2.31. The molecule has 0 spiro atoms. The second-order valence-electron chi connectivity index (χ2n) is 9.13. The predicted molar refractivity (Wildman–Crippen MR) is 134 cm³/mol. The van der Waals surface area contributed by atoms with Crippen LogP contribution in [0.2, 0.25) is 0 Å². The second-order valence-corrected chi connectivity index (χ2v) is 9.13. The first-order valence-corrected chi connectivity index (χ1v) is 11.7. The molecule has 2 aliphatic rings. The Morgan fingerprint density at radius 1 is 1.22 bits per heavy atom. The van der Waals surface area contributed by atoms with E-state index in [2.05, 4.69) is 4.98 Å². The maximum absolute atomic E-state index is 14.9. The number of anilines is 2. The molecule has 1 fully saturated rings. The molecule has 2 amide bonds. The second kappa shape index (κ2) is 9.19. The molecule has 1 aromatic carbocycles. The van der Waals surface area contributed by atoms with Crippen LogP contribution in [0.25, 0.3) is 11.3 Å². The lowest BCUT2D eigenvalue weighted by Gasteiger charge is -2.24. The Kier molecular flexibility index (Phi) is 6.05. The van der Waals surface area contributed by atoms with Crippen LogP contribution in [0, 0.1) is 5.82 Å². The quantitative estimate of drug-likeness (QED) is 0.586. The van der Waals surface area contributed by atoms with E-state index >= 15 is 0 Å². The molecule has 9 nitrogen and oxygen atoms in total. The maximum atomic E-state index is 14.9. The highest BCUT2D eigenvalue weighted by Crippen LogP contribution is 2.39. The summed E-state index contributed by atoms with van der Waals surface area (Å²) >= 11 is 0. The zero-order valence-electron chi connectivity index (χ0n) is 20.4. The van der Waals surface area contributed by atoms with Crippen molar-refractivity contribution in [3.63, 3.8) is 0 Å². The van der Waals surface area contributed by atoms with Gasteiger partial charge in [0.15, 0.2) is 0 Å². The number of aromatic nitrogens is 2.